The lowest BCUT2D eigenvalue weighted by Crippen LogP contribution is -2.28. The molecule has 0 saturated heterocycles. The molecule has 0 unspecified atom stereocenters. The summed E-state index contributed by atoms with van der Waals surface area (Å²) in [7, 11) is 5.05. The highest BCUT2D eigenvalue weighted by Gasteiger charge is 2.34. The number of methoxy groups -OCH3 is 4. The Hall–Kier alpha value is -3.25. The van der Waals surface area contributed by atoms with Gasteiger partial charge in [-0.15, -0.1) is 0 Å². The van der Waals surface area contributed by atoms with Crippen LogP contribution in [0.5, 0.6) is 23.0 Å². The van der Waals surface area contributed by atoms with Crippen molar-refractivity contribution in [3.63, 3.8) is 0 Å². The van der Waals surface area contributed by atoms with Crippen molar-refractivity contribution in [1.29, 1.82) is 0 Å². The van der Waals surface area contributed by atoms with Crippen LogP contribution in [0.15, 0.2) is 36.4 Å². The first-order valence-corrected chi connectivity index (χ1v) is 10.8. The summed E-state index contributed by atoms with van der Waals surface area (Å²) in [4.78, 5) is 12.0. The Balaban J connectivity index is 2.50. The maximum atomic E-state index is 12.0. The van der Waals surface area contributed by atoms with Crippen molar-refractivity contribution in [2.75, 3.05) is 28.4 Å². The van der Waals surface area contributed by atoms with Gasteiger partial charge in [-0.2, -0.15) is 9.78 Å². The maximum absolute atomic E-state index is 12.0. The summed E-state index contributed by atoms with van der Waals surface area (Å²) in [6, 6.07) is 10.6. The van der Waals surface area contributed by atoms with E-state index in [1.54, 1.807) is 28.4 Å². The Morgan fingerprint density at radius 2 is 1.19 bits per heavy atom. The van der Waals surface area contributed by atoms with E-state index in [-0.39, 0.29) is 0 Å². The molecule has 3 aromatic rings. The molecule has 164 valence electrons. The summed E-state index contributed by atoms with van der Waals surface area (Å²) < 4.78 is 24.1. The Bertz CT molecular complexity index is 1010. The van der Waals surface area contributed by atoms with Gasteiger partial charge in [0.1, 0.15) is 23.0 Å². The largest absolute Gasteiger partial charge is 0.496 e. The number of primary amides is 1. The fourth-order valence-electron chi connectivity index (χ4n) is 3.61. The van der Waals surface area contributed by atoms with E-state index in [4.69, 9.17) is 24.7 Å². The smallest absolute Gasteiger partial charge is 0.339 e. The topological polar surface area (TPSA) is 97.8 Å². The quantitative estimate of drug-likeness (QED) is 0.563. The van der Waals surface area contributed by atoms with Gasteiger partial charge in [-0.25, -0.2) is 4.79 Å². The highest BCUT2D eigenvalue weighted by atomic mass is 31.1. The summed E-state index contributed by atoms with van der Waals surface area (Å²) in [5, 5.41) is 6.89. The average Bonchev–Trinajstić information content (AvgIpc) is 3.08. The van der Waals surface area contributed by atoms with Crippen LogP contribution < -0.4 is 40.6 Å². The van der Waals surface area contributed by atoms with Crippen LogP contribution in [0.3, 0.4) is 0 Å². The predicted molar refractivity (Wildman–Crippen MR) is 122 cm³/mol. The first kappa shape index (κ1) is 22.4. The first-order chi connectivity index (χ1) is 14.9. The third kappa shape index (κ3) is 3.91. The number of hydrogen-bond donors (Lipinski definition) is 1. The number of nitrogens with two attached hydrogens (primary N) is 1. The zero-order chi connectivity index (χ0) is 22.7. The van der Waals surface area contributed by atoms with Crippen molar-refractivity contribution in [3.8, 4) is 23.0 Å². The van der Waals surface area contributed by atoms with Crippen molar-refractivity contribution >= 4 is 29.9 Å². The number of rotatable bonds is 7. The minimum atomic E-state index is -1.39. The number of carbonyl (C=O) groups excluding carboxylic acids is 1. The van der Waals surface area contributed by atoms with Crippen molar-refractivity contribution in [2.24, 2.45) is 5.73 Å². The van der Waals surface area contributed by atoms with E-state index in [1.807, 2.05) is 50.2 Å². The molecule has 0 aliphatic rings. The maximum Gasteiger partial charge on any atom is 0.339 e. The van der Waals surface area contributed by atoms with Gasteiger partial charge in [0.15, 0.2) is 0 Å². The van der Waals surface area contributed by atoms with Crippen LogP contribution in [0.2, 0.25) is 0 Å². The van der Waals surface area contributed by atoms with Crippen LogP contribution in [0.25, 0.3) is 0 Å². The van der Waals surface area contributed by atoms with Crippen LogP contribution >= 0.6 is 7.92 Å². The van der Waals surface area contributed by atoms with Gasteiger partial charge < -0.3 is 24.7 Å². The molecule has 1 aromatic heterocycles. The summed E-state index contributed by atoms with van der Waals surface area (Å²) in [6.07, 6.45) is 0. The Morgan fingerprint density at radius 3 is 1.48 bits per heavy atom. The molecule has 8 nitrogen and oxygen atoms in total. The number of carbonyl (C=O) groups is 1. The normalized spacial score (nSPS) is 10.8. The second-order valence-corrected chi connectivity index (χ2v) is 8.64. The van der Waals surface area contributed by atoms with Crippen LogP contribution in [0.1, 0.15) is 11.4 Å². The van der Waals surface area contributed by atoms with Crippen molar-refractivity contribution in [1.82, 2.24) is 9.78 Å². The fraction of sp³-hybridized carbons (Fsp3) is 0.273. The van der Waals surface area contributed by atoms with Crippen LogP contribution in [0.4, 0.5) is 4.79 Å². The summed E-state index contributed by atoms with van der Waals surface area (Å²) >= 11 is 0. The van der Waals surface area contributed by atoms with Gasteiger partial charge in [0, 0.05) is 13.2 Å². The number of aryl methyl sites for hydroxylation is 1. The predicted octanol–water partition coefficient (Wildman–Crippen LogP) is 2.22. The minimum absolute atomic E-state index is 0.636. The summed E-state index contributed by atoms with van der Waals surface area (Å²) in [5.74, 6) is 2.57. The molecule has 31 heavy (non-hydrogen) atoms. The van der Waals surface area contributed by atoms with E-state index in [0.29, 0.717) is 34.4 Å². The van der Waals surface area contributed by atoms with Gasteiger partial charge in [-0.05, 0) is 38.1 Å². The molecule has 1 amide bonds. The summed E-state index contributed by atoms with van der Waals surface area (Å²) in [5.41, 5.74) is 6.87. The van der Waals surface area contributed by atoms with Crippen molar-refractivity contribution < 1.29 is 23.7 Å². The van der Waals surface area contributed by atoms with E-state index in [1.165, 1.54) is 4.68 Å². The third-order valence-electron chi connectivity index (χ3n) is 4.94. The number of aromatic nitrogens is 2. The minimum Gasteiger partial charge on any atom is -0.496 e. The van der Waals surface area contributed by atoms with E-state index in [2.05, 4.69) is 5.10 Å². The highest BCUT2D eigenvalue weighted by molar-refractivity contribution is 7.80. The summed E-state index contributed by atoms with van der Waals surface area (Å²) in [6.45, 7) is 3.67. The van der Waals surface area contributed by atoms with Gasteiger partial charge >= 0.3 is 6.03 Å². The lowest BCUT2D eigenvalue weighted by molar-refractivity contribution is 0.247. The molecule has 0 atom stereocenters. The molecule has 0 aliphatic carbocycles. The lowest BCUT2D eigenvalue weighted by Gasteiger charge is -2.26. The number of hydrogen-bond acceptors (Lipinski definition) is 6. The standard InChI is InChI=1S/C22H26N3O5P/c1-13-19(14(2)25(24-13)22(23)26)31(20-15(27-3)9-7-10-16(20)28-4)21-17(29-5)11-8-12-18(21)30-6/h7-12H,1-6H3,(H2,23,26). The number of nitrogens with zero attached hydrogens (tertiary/aromatic N) is 2. The molecule has 3 rings (SSSR count). The molecule has 0 aliphatic heterocycles. The molecule has 1 heterocycles. The van der Waals surface area contributed by atoms with E-state index >= 15 is 0 Å². The average molecular weight is 443 g/mol. The lowest BCUT2D eigenvalue weighted by atomic mass is 10.3. The van der Waals surface area contributed by atoms with Crippen LogP contribution in [-0.2, 0) is 0 Å². The van der Waals surface area contributed by atoms with Gasteiger partial charge in [-0.1, -0.05) is 12.1 Å². The molecule has 0 saturated carbocycles. The monoisotopic (exact) mass is 443 g/mol. The zero-order valence-corrected chi connectivity index (χ0v) is 19.3. The van der Waals surface area contributed by atoms with Gasteiger partial charge in [0.25, 0.3) is 0 Å². The molecule has 0 bridgehead atoms. The first-order valence-electron chi connectivity index (χ1n) is 9.47. The Kier molecular flexibility index (Phi) is 6.71. The molecule has 0 radical (unpaired) electrons. The molecule has 0 fully saturated rings. The molecule has 2 aromatic carbocycles. The number of amides is 1. The van der Waals surface area contributed by atoms with Crippen LogP contribution in [0, 0.1) is 13.8 Å². The van der Waals surface area contributed by atoms with Gasteiger partial charge in [0.2, 0.25) is 0 Å². The van der Waals surface area contributed by atoms with E-state index in [0.717, 1.165) is 15.9 Å². The van der Waals surface area contributed by atoms with Gasteiger partial charge in [0.05, 0.1) is 50.4 Å². The highest BCUT2D eigenvalue weighted by Crippen LogP contribution is 2.46. The molecular weight excluding hydrogens is 417 g/mol. The second-order valence-electron chi connectivity index (χ2n) is 6.63. The number of ether oxygens (including phenoxy) is 4. The fourth-order valence-corrected chi connectivity index (χ4v) is 6.61. The third-order valence-corrected chi connectivity index (χ3v) is 7.81. The van der Waals surface area contributed by atoms with E-state index in [9.17, 15) is 4.79 Å². The molecule has 9 heteroatoms. The zero-order valence-electron chi connectivity index (χ0n) is 18.4. The number of benzene rings is 2. The van der Waals surface area contributed by atoms with Gasteiger partial charge in [-0.3, -0.25) is 0 Å². The van der Waals surface area contributed by atoms with Crippen LogP contribution in [-0.4, -0.2) is 44.3 Å². The second kappa shape index (κ2) is 9.27. The molecule has 2 N–H and O–H groups in total. The molecular formula is C22H26N3O5P. The van der Waals surface area contributed by atoms with E-state index < -0.39 is 14.0 Å². The Labute approximate surface area is 182 Å². The van der Waals surface area contributed by atoms with Crippen molar-refractivity contribution in [3.05, 3.63) is 47.8 Å². The van der Waals surface area contributed by atoms with Crippen molar-refractivity contribution in [2.45, 2.75) is 13.8 Å². The molecule has 0 spiro atoms. The Morgan fingerprint density at radius 1 is 0.806 bits per heavy atom. The SMILES string of the molecule is COc1cccc(OC)c1P(c1c(OC)cccc1OC)c1c(C)nn(C(N)=O)c1C.